The van der Waals surface area contributed by atoms with Crippen molar-refractivity contribution in [3.8, 4) is 5.75 Å². The number of nitrogens with one attached hydrogen (secondary N) is 1. The van der Waals surface area contributed by atoms with Gasteiger partial charge < -0.3 is 20.7 Å². The summed E-state index contributed by atoms with van der Waals surface area (Å²) in [5, 5.41) is 2.92. The number of hydrogen-bond acceptors (Lipinski definition) is 4. The van der Waals surface area contributed by atoms with Crippen LogP contribution in [-0.4, -0.2) is 43.0 Å². The zero-order valence-corrected chi connectivity index (χ0v) is 18.4. The average molecular weight is 432 g/mol. The number of piperidine rings is 1. The molecule has 162 valence electrons. The predicted octanol–water partition coefficient (Wildman–Crippen LogP) is 3.17. The summed E-state index contributed by atoms with van der Waals surface area (Å²) in [7, 11) is 1.57. The SMILES string of the molecule is COc1ccc(C(=O)NC(C(=O)N2CCC(N)C(C)(C)C2)c2ccccc2)cc1.Cl. The molecule has 0 saturated carbocycles. The number of hydrogen-bond donors (Lipinski definition) is 2. The molecule has 0 radical (unpaired) electrons. The maximum Gasteiger partial charge on any atom is 0.252 e. The van der Waals surface area contributed by atoms with Crippen LogP contribution >= 0.6 is 12.4 Å². The molecule has 30 heavy (non-hydrogen) atoms. The van der Waals surface area contributed by atoms with Crippen LogP contribution in [0.4, 0.5) is 0 Å². The lowest BCUT2D eigenvalue weighted by atomic mass is 9.79. The molecule has 6 nitrogen and oxygen atoms in total. The van der Waals surface area contributed by atoms with Crippen molar-refractivity contribution >= 4 is 24.2 Å². The summed E-state index contributed by atoms with van der Waals surface area (Å²) in [5.41, 5.74) is 7.28. The third-order valence-electron chi connectivity index (χ3n) is 5.63. The zero-order valence-electron chi connectivity index (χ0n) is 17.6. The summed E-state index contributed by atoms with van der Waals surface area (Å²) in [6, 6.07) is 15.5. The van der Waals surface area contributed by atoms with Gasteiger partial charge in [0.05, 0.1) is 7.11 Å². The molecule has 0 aliphatic carbocycles. The van der Waals surface area contributed by atoms with E-state index < -0.39 is 6.04 Å². The van der Waals surface area contributed by atoms with E-state index in [9.17, 15) is 9.59 Å². The van der Waals surface area contributed by atoms with Crippen molar-refractivity contribution in [1.82, 2.24) is 10.2 Å². The quantitative estimate of drug-likeness (QED) is 0.761. The van der Waals surface area contributed by atoms with Crippen LogP contribution < -0.4 is 15.8 Å². The van der Waals surface area contributed by atoms with Gasteiger partial charge in [0.15, 0.2) is 0 Å². The van der Waals surface area contributed by atoms with E-state index in [1.165, 1.54) is 0 Å². The maximum absolute atomic E-state index is 13.4. The number of ether oxygens (including phenoxy) is 1. The standard InChI is InChI=1S/C23H29N3O3.ClH/c1-23(2)15-26(14-13-19(23)24)22(28)20(16-7-5-4-6-8-16)25-21(27)17-9-11-18(29-3)12-10-17;/h4-12,19-20H,13-15,24H2,1-3H3,(H,25,27);1H. The normalized spacial score (nSPS) is 18.7. The van der Waals surface area contributed by atoms with E-state index in [0.29, 0.717) is 24.4 Å². The lowest BCUT2D eigenvalue weighted by molar-refractivity contribution is -0.136. The van der Waals surface area contributed by atoms with Crippen molar-refractivity contribution in [1.29, 1.82) is 0 Å². The second-order valence-corrected chi connectivity index (χ2v) is 8.19. The fourth-order valence-corrected chi connectivity index (χ4v) is 3.63. The van der Waals surface area contributed by atoms with E-state index in [2.05, 4.69) is 19.2 Å². The van der Waals surface area contributed by atoms with Crippen LogP contribution in [0.2, 0.25) is 0 Å². The number of halogens is 1. The van der Waals surface area contributed by atoms with Crippen LogP contribution in [0.3, 0.4) is 0 Å². The van der Waals surface area contributed by atoms with Crippen molar-refractivity contribution in [3.63, 3.8) is 0 Å². The number of amides is 2. The van der Waals surface area contributed by atoms with E-state index >= 15 is 0 Å². The van der Waals surface area contributed by atoms with Crippen molar-refractivity contribution in [3.05, 3.63) is 65.7 Å². The smallest absolute Gasteiger partial charge is 0.252 e. The van der Waals surface area contributed by atoms with Crippen LogP contribution in [0.15, 0.2) is 54.6 Å². The fourth-order valence-electron chi connectivity index (χ4n) is 3.63. The highest BCUT2D eigenvalue weighted by Crippen LogP contribution is 2.29. The van der Waals surface area contributed by atoms with Gasteiger partial charge in [0.25, 0.3) is 5.91 Å². The zero-order chi connectivity index (χ0) is 21.0. The van der Waals surface area contributed by atoms with Gasteiger partial charge >= 0.3 is 0 Å². The van der Waals surface area contributed by atoms with Gasteiger partial charge in [-0.05, 0) is 41.7 Å². The molecule has 1 aliphatic heterocycles. The first kappa shape index (κ1) is 23.7. The number of carbonyl (C=O) groups excluding carboxylic acids is 2. The van der Waals surface area contributed by atoms with Crippen molar-refractivity contribution in [2.75, 3.05) is 20.2 Å². The summed E-state index contributed by atoms with van der Waals surface area (Å²) >= 11 is 0. The number of rotatable bonds is 5. The second kappa shape index (κ2) is 9.96. The molecule has 2 aromatic rings. The highest BCUT2D eigenvalue weighted by molar-refractivity contribution is 5.98. The van der Waals surface area contributed by atoms with Gasteiger partial charge in [0, 0.05) is 24.7 Å². The minimum Gasteiger partial charge on any atom is -0.497 e. The highest BCUT2D eigenvalue weighted by Gasteiger charge is 2.38. The molecule has 3 N–H and O–H groups in total. The predicted molar refractivity (Wildman–Crippen MR) is 120 cm³/mol. The molecule has 2 aromatic carbocycles. The summed E-state index contributed by atoms with van der Waals surface area (Å²) in [5.74, 6) is 0.255. The largest absolute Gasteiger partial charge is 0.497 e. The molecule has 1 heterocycles. The Morgan fingerprint density at radius 1 is 1.13 bits per heavy atom. The molecule has 2 atom stereocenters. The third-order valence-corrected chi connectivity index (χ3v) is 5.63. The molecule has 1 aliphatic rings. The molecule has 7 heteroatoms. The highest BCUT2D eigenvalue weighted by atomic mass is 35.5. The molecule has 3 rings (SSSR count). The lowest BCUT2D eigenvalue weighted by Crippen LogP contribution is -2.56. The second-order valence-electron chi connectivity index (χ2n) is 8.19. The number of nitrogens with two attached hydrogens (primary N) is 1. The van der Waals surface area contributed by atoms with Gasteiger partial charge in [0.2, 0.25) is 5.91 Å². The monoisotopic (exact) mass is 431 g/mol. The Kier molecular flexibility index (Phi) is 7.87. The number of methoxy groups -OCH3 is 1. The van der Waals surface area contributed by atoms with Gasteiger partial charge in [0.1, 0.15) is 11.8 Å². The molecular formula is C23H30ClN3O3. The summed E-state index contributed by atoms with van der Waals surface area (Å²) in [4.78, 5) is 28.1. The maximum atomic E-state index is 13.4. The van der Waals surface area contributed by atoms with Crippen LogP contribution in [0, 0.1) is 5.41 Å². The van der Waals surface area contributed by atoms with Gasteiger partial charge in [-0.1, -0.05) is 44.2 Å². The van der Waals surface area contributed by atoms with Gasteiger partial charge in [-0.3, -0.25) is 9.59 Å². The van der Waals surface area contributed by atoms with Crippen LogP contribution in [0.5, 0.6) is 5.75 Å². The molecule has 0 spiro atoms. The molecular weight excluding hydrogens is 402 g/mol. The lowest BCUT2D eigenvalue weighted by Gasteiger charge is -2.43. The molecule has 1 fully saturated rings. The van der Waals surface area contributed by atoms with E-state index in [4.69, 9.17) is 10.5 Å². The van der Waals surface area contributed by atoms with E-state index in [-0.39, 0.29) is 35.7 Å². The average Bonchev–Trinajstić information content (AvgIpc) is 2.74. The van der Waals surface area contributed by atoms with E-state index in [1.54, 1.807) is 31.4 Å². The van der Waals surface area contributed by atoms with Gasteiger partial charge in [-0.25, -0.2) is 0 Å². The first-order chi connectivity index (χ1) is 13.8. The van der Waals surface area contributed by atoms with Gasteiger partial charge in [-0.15, -0.1) is 12.4 Å². The Morgan fingerprint density at radius 3 is 2.33 bits per heavy atom. The molecule has 0 aromatic heterocycles. The minimum absolute atomic E-state index is 0. The topological polar surface area (TPSA) is 84.7 Å². The Labute approximate surface area is 184 Å². The fraction of sp³-hybridized carbons (Fsp3) is 0.391. The van der Waals surface area contributed by atoms with Crippen LogP contribution in [-0.2, 0) is 4.79 Å². The first-order valence-electron chi connectivity index (χ1n) is 9.86. The number of likely N-dealkylation sites (tertiary alicyclic amines) is 1. The number of carbonyl (C=O) groups is 2. The van der Waals surface area contributed by atoms with Crippen molar-refractivity contribution in [2.45, 2.75) is 32.4 Å². The summed E-state index contributed by atoms with van der Waals surface area (Å²) < 4.78 is 5.14. The van der Waals surface area contributed by atoms with Gasteiger partial charge in [-0.2, -0.15) is 0 Å². The van der Waals surface area contributed by atoms with Crippen molar-refractivity contribution in [2.24, 2.45) is 11.1 Å². The Balaban J connectivity index is 0.00000320. The Hall–Kier alpha value is -2.57. The first-order valence-corrected chi connectivity index (χ1v) is 9.86. The molecule has 2 unspecified atom stereocenters. The van der Waals surface area contributed by atoms with E-state index in [1.807, 2.05) is 35.2 Å². The number of benzene rings is 2. The van der Waals surface area contributed by atoms with Crippen molar-refractivity contribution < 1.29 is 14.3 Å². The van der Waals surface area contributed by atoms with Crippen LogP contribution in [0.25, 0.3) is 0 Å². The minimum atomic E-state index is -0.754. The Bertz CT molecular complexity index is 856. The third kappa shape index (κ3) is 5.32. The number of nitrogens with zero attached hydrogens (tertiary/aromatic N) is 1. The molecule has 2 amide bonds. The van der Waals surface area contributed by atoms with Crippen LogP contribution in [0.1, 0.15) is 42.2 Å². The summed E-state index contributed by atoms with van der Waals surface area (Å²) in [6.07, 6.45) is 0.743. The van der Waals surface area contributed by atoms with E-state index in [0.717, 1.165) is 12.0 Å². The molecule has 0 bridgehead atoms. The molecule has 1 saturated heterocycles. The summed E-state index contributed by atoms with van der Waals surface area (Å²) in [6.45, 7) is 5.30. The Morgan fingerprint density at radius 2 is 1.77 bits per heavy atom.